The zero-order chi connectivity index (χ0) is 24.8. The van der Waals surface area contributed by atoms with Crippen molar-refractivity contribution < 1.29 is 22.7 Å². The van der Waals surface area contributed by atoms with Gasteiger partial charge in [-0.1, -0.05) is 30.3 Å². The van der Waals surface area contributed by atoms with Crippen LogP contribution >= 0.6 is 0 Å². The molecule has 2 aliphatic rings. The number of ether oxygens (including phenoxy) is 1. The lowest BCUT2D eigenvalue weighted by molar-refractivity contribution is -0.131. The normalized spacial score (nSPS) is 18.0. The second-order valence-corrected chi connectivity index (χ2v) is 11.1. The first-order chi connectivity index (χ1) is 16.9. The number of rotatable bonds is 10. The molecule has 8 nitrogen and oxygen atoms in total. The first-order valence-corrected chi connectivity index (χ1v) is 13.7. The number of sulfonamides is 1. The van der Waals surface area contributed by atoms with Crippen LogP contribution in [0.1, 0.15) is 38.2 Å². The van der Waals surface area contributed by atoms with E-state index in [2.05, 4.69) is 10.6 Å². The highest BCUT2D eigenvalue weighted by Crippen LogP contribution is 2.26. The Morgan fingerprint density at radius 1 is 1.00 bits per heavy atom. The Kier molecular flexibility index (Phi) is 8.07. The molecule has 188 valence electrons. The van der Waals surface area contributed by atoms with Crippen molar-refractivity contribution in [3.8, 4) is 5.75 Å². The molecule has 1 aliphatic heterocycles. The summed E-state index contributed by atoms with van der Waals surface area (Å²) in [5, 5.41) is 5.93. The third kappa shape index (κ3) is 6.61. The number of amides is 2. The van der Waals surface area contributed by atoms with E-state index in [9.17, 15) is 18.0 Å². The quantitative estimate of drug-likeness (QED) is 0.523. The van der Waals surface area contributed by atoms with Gasteiger partial charge in [0.2, 0.25) is 21.8 Å². The van der Waals surface area contributed by atoms with E-state index in [0.29, 0.717) is 31.6 Å². The van der Waals surface area contributed by atoms with E-state index in [0.717, 1.165) is 18.4 Å². The molecule has 35 heavy (non-hydrogen) atoms. The zero-order valence-electron chi connectivity index (χ0n) is 20.0. The number of nitrogens with zero attached hydrogens (tertiary/aromatic N) is 1. The average Bonchev–Trinajstić information content (AvgIpc) is 3.69. The van der Waals surface area contributed by atoms with E-state index in [1.807, 2.05) is 37.3 Å². The molecule has 1 unspecified atom stereocenters. The van der Waals surface area contributed by atoms with E-state index >= 15 is 0 Å². The van der Waals surface area contributed by atoms with Crippen molar-refractivity contribution in [1.82, 2.24) is 14.9 Å². The summed E-state index contributed by atoms with van der Waals surface area (Å²) in [7, 11) is -3.64. The van der Waals surface area contributed by atoms with Gasteiger partial charge in [-0.15, -0.1) is 0 Å². The minimum absolute atomic E-state index is 0.166. The summed E-state index contributed by atoms with van der Waals surface area (Å²) in [6, 6.07) is 15.5. The molecule has 0 radical (unpaired) electrons. The molecular formula is C26H33N3O5S. The Morgan fingerprint density at radius 2 is 1.66 bits per heavy atom. The van der Waals surface area contributed by atoms with Gasteiger partial charge >= 0.3 is 0 Å². The highest BCUT2D eigenvalue weighted by atomic mass is 32.2. The number of carbonyl (C=O) groups excluding carboxylic acids is 2. The van der Waals surface area contributed by atoms with Crippen molar-refractivity contribution in [1.29, 1.82) is 0 Å². The SMILES string of the molecule is CCOc1ccc(S(=O)(=O)N2CCC(C(=O)NC(Cc3ccccc3)C(=O)NC3CC3)CC2)cc1. The molecule has 9 heteroatoms. The number of hydrogen-bond donors (Lipinski definition) is 2. The summed E-state index contributed by atoms with van der Waals surface area (Å²) >= 11 is 0. The number of piperidine rings is 1. The molecule has 1 heterocycles. The molecule has 0 bridgehead atoms. The molecular weight excluding hydrogens is 466 g/mol. The third-order valence-corrected chi connectivity index (χ3v) is 8.35. The van der Waals surface area contributed by atoms with Gasteiger partial charge in [-0.2, -0.15) is 4.31 Å². The lowest BCUT2D eigenvalue weighted by Gasteiger charge is -2.31. The van der Waals surface area contributed by atoms with Gasteiger partial charge in [-0.05, 0) is 62.4 Å². The summed E-state index contributed by atoms with van der Waals surface area (Å²) in [4.78, 5) is 26.1. The van der Waals surface area contributed by atoms with Gasteiger partial charge in [0, 0.05) is 31.5 Å². The van der Waals surface area contributed by atoms with Gasteiger partial charge in [0.15, 0.2) is 0 Å². The molecule has 2 N–H and O–H groups in total. The maximum atomic E-state index is 13.1. The van der Waals surface area contributed by atoms with Crippen LogP contribution in [-0.4, -0.2) is 56.3 Å². The fourth-order valence-electron chi connectivity index (χ4n) is 4.26. The van der Waals surface area contributed by atoms with Crippen LogP contribution in [0.25, 0.3) is 0 Å². The van der Waals surface area contributed by atoms with E-state index < -0.39 is 16.1 Å². The van der Waals surface area contributed by atoms with Gasteiger partial charge in [-0.3, -0.25) is 9.59 Å². The molecule has 0 spiro atoms. The highest BCUT2D eigenvalue weighted by Gasteiger charge is 2.34. The van der Waals surface area contributed by atoms with Gasteiger partial charge < -0.3 is 15.4 Å². The number of benzene rings is 2. The van der Waals surface area contributed by atoms with Gasteiger partial charge in [0.1, 0.15) is 11.8 Å². The van der Waals surface area contributed by atoms with Crippen LogP contribution in [0.5, 0.6) is 5.75 Å². The van der Waals surface area contributed by atoms with E-state index in [4.69, 9.17) is 4.74 Å². The molecule has 1 saturated heterocycles. The van der Waals surface area contributed by atoms with Crippen LogP contribution in [0.2, 0.25) is 0 Å². The van der Waals surface area contributed by atoms with Crippen molar-refractivity contribution in [3.63, 3.8) is 0 Å². The Morgan fingerprint density at radius 3 is 2.26 bits per heavy atom. The molecule has 2 aromatic rings. The largest absolute Gasteiger partial charge is 0.494 e. The predicted octanol–water partition coefficient (Wildman–Crippen LogP) is 2.49. The summed E-state index contributed by atoms with van der Waals surface area (Å²) in [6.45, 7) is 2.89. The van der Waals surface area contributed by atoms with E-state index in [-0.39, 0.29) is 41.8 Å². The number of nitrogens with one attached hydrogen (secondary N) is 2. The average molecular weight is 500 g/mol. The van der Waals surface area contributed by atoms with Crippen molar-refractivity contribution in [2.75, 3.05) is 19.7 Å². The molecule has 2 amide bonds. The fraction of sp³-hybridized carbons (Fsp3) is 0.462. The summed E-state index contributed by atoms with van der Waals surface area (Å²) in [5.41, 5.74) is 0.972. The third-order valence-electron chi connectivity index (χ3n) is 6.44. The topological polar surface area (TPSA) is 105 Å². The monoisotopic (exact) mass is 499 g/mol. The van der Waals surface area contributed by atoms with Gasteiger partial charge in [0.05, 0.1) is 11.5 Å². The maximum absolute atomic E-state index is 13.1. The Balaban J connectivity index is 1.35. The summed E-state index contributed by atoms with van der Waals surface area (Å²) in [6.07, 6.45) is 3.17. The van der Waals surface area contributed by atoms with Gasteiger partial charge in [0.25, 0.3) is 0 Å². The van der Waals surface area contributed by atoms with Crippen molar-refractivity contribution in [2.24, 2.45) is 5.92 Å². The minimum Gasteiger partial charge on any atom is -0.494 e. The smallest absolute Gasteiger partial charge is 0.243 e. The standard InChI is InChI=1S/C26H33N3O5S/c1-2-34-22-10-12-23(13-11-22)35(32,33)29-16-14-20(15-17-29)25(30)28-24(26(31)27-21-8-9-21)18-19-6-4-3-5-7-19/h3-7,10-13,20-21,24H,2,8-9,14-18H2,1H3,(H,27,31)(H,28,30). The Labute approximate surface area is 207 Å². The predicted molar refractivity (Wildman–Crippen MR) is 132 cm³/mol. The fourth-order valence-corrected chi connectivity index (χ4v) is 5.73. The van der Waals surface area contributed by atoms with Crippen LogP contribution in [-0.2, 0) is 26.0 Å². The van der Waals surface area contributed by atoms with Crippen LogP contribution in [0.15, 0.2) is 59.5 Å². The highest BCUT2D eigenvalue weighted by molar-refractivity contribution is 7.89. The minimum atomic E-state index is -3.64. The zero-order valence-corrected chi connectivity index (χ0v) is 20.8. The first-order valence-electron chi connectivity index (χ1n) is 12.2. The van der Waals surface area contributed by atoms with Crippen molar-refractivity contribution >= 4 is 21.8 Å². The summed E-state index contributed by atoms with van der Waals surface area (Å²) in [5.74, 6) is -0.0819. The lowest BCUT2D eigenvalue weighted by Crippen LogP contribution is -2.51. The van der Waals surface area contributed by atoms with E-state index in [1.54, 1.807) is 24.3 Å². The van der Waals surface area contributed by atoms with Crippen LogP contribution in [0.3, 0.4) is 0 Å². The number of hydrogen-bond acceptors (Lipinski definition) is 5. The molecule has 4 rings (SSSR count). The summed E-state index contributed by atoms with van der Waals surface area (Å²) < 4.78 is 32.9. The molecule has 2 fully saturated rings. The van der Waals surface area contributed by atoms with Crippen molar-refractivity contribution in [3.05, 3.63) is 60.2 Å². The van der Waals surface area contributed by atoms with Crippen LogP contribution in [0, 0.1) is 5.92 Å². The Hall–Kier alpha value is -2.91. The van der Waals surface area contributed by atoms with Crippen molar-refractivity contribution in [2.45, 2.75) is 56.0 Å². The number of carbonyl (C=O) groups is 2. The maximum Gasteiger partial charge on any atom is 0.243 e. The molecule has 0 aromatic heterocycles. The van der Waals surface area contributed by atoms with E-state index in [1.165, 1.54) is 4.31 Å². The molecule has 1 aliphatic carbocycles. The van der Waals surface area contributed by atoms with Crippen LogP contribution < -0.4 is 15.4 Å². The Bertz CT molecular complexity index is 1110. The second kappa shape index (κ2) is 11.2. The molecule has 1 saturated carbocycles. The first kappa shape index (κ1) is 25.2. The van der Waals surface area contributed by atoms with Crippen LogP contribution in [0.4, 0.5) is 0 Å². The molecule has 1 atom stereocenters. The molecule has 2 aromatic carbocycles. The lowest BCUT2D eigenvalue weighted by atomic mass is 9.96. The second-order valence-electron chi connectivity index (χ2n) is 9.12. The van der Waals surface area contributed by atoms with Gasteiger partial charge in [-0.25, -0.2) is 8.42 Å².